The number of hydrogen-bond donors (Lipinski definition) is 3. The molecule has 0 aliphatic heterocycles. The van der Waals surface area contributed by atoms with E-state index in [1.165, 1.54) is 10.9 Å². The van der Waals surface area contributed by atoms with E-state index in [2.05, 4.69) is 39.9 Å². The molecule has 0 bridgehead atoms. The van der Waals surface area contributed by atoms with Crippen molar-refractivity contribution in [1.82, 2.24) is 15.6 Å². The van der Waals surface area contributed by atoms with Gasteiger partial charge >= 0.3 is 0 Å². The molecule has 1 fully saturated rings. The first-order valence-corrected chi connectivity index (χ1v) is 6.87. The third-order valence-electron chi connectivity index (χ3n) is 3.42. The molecule has 0 atom stereocenters. The maximum atomic E-state index is 11.5. The fourth-order valence-electron chi connectivity index (χ4n) is 2.17. The zero-order chi connectivity index (χ0) is 13.1. The van der Waals surface area contributed by atoms with Crippen LogP contribution in [0.25, 0.3) is 10.9 Å². The Morgan fingerprint density at radius 3 is 3.05 bits per heavy atom. The second-order valence-electron chi connectivity index (χ2n) is 5.17. The Morgan fingerprint density at radius 2 is 2.21 bits per heavy atom. The predicted octanol–water partition coefficient (Wildman–Crippen LogP) is 1.93. The molecule has 0 spiro atoms. The maximum absolute atomic E-state index is 11.5. The van der Waals surface area contributed by atoms with Gasteiger partial charge in [0.2, 0.25) is 5.91 Å². The average Bonchev–Trinajstić information content (AvgIpc) is 3.09. The first kappa shape index (κ1) is 12.2. The molecule has 100 valence electrons. The van der Waals surface area contributed by atoms with Gasteiger partial charge in [0.05, 0.1) is 0 Å². The van der Waals surface area contributed by atoms with Gasteiger partial charge in [-0.1, -0.05) is 12.1 Å². The van der Waals surface area contributed by atoms with Crippen molar-refractivity contribution in [3.05, 3.63) is 36.0 Å². The molecule has 2 aromatic rings. The van der Waals surface area contributed by atoms with Crippen molar-refractivity contribution in [2.24, 2.45) is 0 Å². The van der Waals surface area contributed by atoms with Crippen LogP contribution in [0.4, 0.5) is 0 Å². The summed E-state index contributed by atoms with van der Waals surface area (Å²) in [4.78, 5) is 14.7. The van der Waals surface area contributed by atoms with Crippen LogP contribution >= 0.6 is 0 Å². The van der Waals surface area contributed by atoms with Crippen molar-refractivity contribution in [2.75, 3.05) is 6.54 Å². The van der Waals surface area contributed by atoms with Crippen LogP contribution in [0, 0.1) is 0 Å². The summed E-state index contributed by atoms with van der Waals surface area (Å²) >= 11 is 0. The minimum absolute atomic E-state index is 0.162. The van der Waals surface area contributed by atoms with Crippen LogP contribution < -0.4 is 10.6 Å². The number of carbonyl (C=O) groups is 1. The lowest BCUT2D eigenvalue weighted by Crippen LogP contribution is -2.28. The van der Waals surface area contributed by atoms with Crippen molar-refractivity contribution in [3.63, 3.8) is 0 Å². The molecule has 1 aliphatic carbocycles. The summed E-state index contributed by atoms with van der Waals surface area (Å²) in [5, 5.41) is 7.53. The molecule has 1 aromatic heterocycles. The van der Waals surface area contributed by atoms with E-state index in [0.717, 1.165) is 31.4 Å². The van der Waals surface area contributed by atoms with Crippen LogP contribution in [0.2, 0.25) is 0 Å². The standard InChI is InChI=1S/C15H19N3O/c19-15(18-13-3-4-13)6-7-16-10-11-1-2-12-5-8-17-14(12)9-11/h1-2,5,8-9,13,16-17H,3-4,6-7,10H2,(H,18,19). The van der Waals surface area contributed by atoms with Crippen molar-refractivity contribution in [2.45, 2.75) is 31.8 Å². The molecular weight excluding hydrogens is 238 g/mol. The summed E-state index contributed by atoms with van der Waals surface area (Å²) in [5.74, 6) is 0.162. The lowest BCUT2D eigenvalue weighted by molar-refractivity contribution is -0.121. The van der Waals surface area contributed by atoms with E-state index in [1.54, 1.807) is 0 Å². The number of benzene rings is 1. The van der Waals surface area contributed by atoms with E-state index in [1.807, 2.05) is 6.20 Å². The third-order valence-corrected chi connectivity index (χ3v) is 3.42. The number of carbonyl (C=O) groups excluding carboxylic acids is 1. The first-order chi connectivity index (χ1) is 9.31. The summed E-state index contributed by atoms with van der Waals surface area (Å²) in [5.41, 5.74) is 2.39. The molecule has 0 unspecified atom stereocenters. The van der Waals surface area contributed by atoms with Crippen molar-refractivity contribution in [1.29, 1.82) is 0 Å². The molecule has 1 heterocycles. The molecule has 1 amide bonds. The van der Waals surface area contributed by atoms with Gasteiger partial charge in [0.15, 0.2) is 0 Å². The lowest BCUT2D eigenvalue weighted by Gasteiger charge is -2.06. The molecule has 0 saturated heterocycles. The summed E-state index contributed by atoms with van der Waals surface area (Å²) in [6.07, 6.45) is 4.80. The number of aromatic amines is 1. The number of rotatable bonds is 6. The quantitative estimate of drug-likeness (QED) is 0.693. The van der Waals surface area contributed by atoms with Crippen LogP contribution in [-0.4, -0.2) is 23.5 Å². The van der Waals surface area contributed by atoms with Gasteiger partial charge in [0.25, 0.3) is 0 Å². The fourth-order valence-corrected chi connectivity index (χ4v) is 2.17. The zero-order valence-electron chi connectivity index (χ0n) is 10.9. The highest BCUT2D eigenvalue weighted by Gasteiger charge is 2.22. The Labute approximate surface area is 112 Å². The SMILES string of the molecule is O=C(CCNCc1ccc2cc[nH]c2c1)NC1CC1. The Balaban J connectivity index is 1.42. The van der Waals surface area contributed by atoms with E-state index >= 15 is 0 Å². The molecule has 1 aromatic carbocycles. The number of hydrogen-bond acceptors (Lipinski definition) is 2. The van der Waals surface area contributed by atoms with Crippen LogP contribution in [0.1, 0.15) is 24.8 Å². The Hall–Kier alpha value is -1.81. The molecule has 1 saturated carbocycles. The monoisotopic (exact) mass is 257 g/mol. The Kier molecular flexibility index (Phi) is 3.51. The largest absolute Gasteiger partial charge is 0.361 e. The normalized spacial score (nSPS) is 14.7. The van der Waals surface area contributed by atoms with Crippen LogP contribution in [-0.2, 0) is 11.3 Å². The molecule has 3 N–H and O–H groups in total. The van der Waals surface area contributed by atoms with Crippen molar-refractivity contribution in [3.8, 4) is 0 Å². The van der Waals surface area contributed by atoms with Gasteiger partial charge in [-0.05, 0) is 35.9 Å². The minimum atomic E-state index is 0.162. The molecule has 3 rings (SSSR count). The van der Waals surface area contributed by atoms with Crippen molar-refractivity contribution < 1.29 is 4.79 Å². The van der Waals surface area contributed by atoms with Gasteiger partial charge in [0.1, 0.15) is 0 Å². The van der Waals surface area contributed by atoms with Gasteiger partial charge in [-0.25, -0.2) is 0 Å². The molecule has 0 radical (unpaired) electrons. The highest BCUT2D eigenvalue weighted by atomic mass is 16.1. The third kappa shape index (κ3) is 3.35. The maximum Gasteiger partial charge on any atom is 0.221 e. The molecule has 1 aliphatic rings. The number of amides is 1. The average molecular weight is 257 g/mol. The van der Waals surface area contributed by atoms with Gasteiger partial charge in [-0.2, -0.15) is 0 Å². The smallest absolute Gasteiger partial charge is 0.221 e. The van der Waals surface area contributed by atoms with Gasteiger partial charge < -0.3 is 15.6 Å². The topological polar surface area (TPSA) is 56.9 Å². The number of H-pyrrole nitrogens is 1. The van der Waals surface area contributed by atoms with E-state index in [0.29, 0.717) is 12.5 Å². The van der Waals surface area contributed by atoms with Crippen molar-refractivity contribution >= 4 is 16.8 Å². The summed E-state index contributed by atoms with van der Waals surface area (Å²) in [6, 6.07) is 8.90. The van der Waals surface area contributed by atoms with E-state index in [-0.39, 0.29) is 5.91 Å². The van der Waals surface area contributed by atoms with Crippen LogP contribution in [0.3, 0.4) is 0 Å². The summed E-state index contributed by atoms with van der Waals surface area (Å²) in [7, 11) is 0. The number of nitrogens with one attached hydrogen (secondary N) is 3. The first-order valence-electron chi connectivity index (χ1n) is 6.87. The van der Waals surface area contributed by atoms with Gasteiger partial charge in [-0.15, -0.1) is 0 Å². The van der Waals surface area contributed by atoms with Gasteiger partial charge in [0, 0.05) is 37.3 Å². The predicted molar refractivity (Wildman–Crippen MR) is 75.8 cm³/mol. The van der Waals surface area contributed by atoms with E-state index in [9.17, 15) is 4.79 Å². The van der Waals surface area contributed by atoms with Crippen LogP contribution in [0.15, 0.2) is 30.5 Å². The highest BCUT2D eigenvalue weighted by Crippen LogP contribution is 2.18. The van der Waals surface area contributed by atoms with E-state index in [4.69, 9.17) is 0 Å². The fraction of sp³-hybridized carbons (Fsp3) is 0.400. The minimum Gasteiger partial charge on any atom is -0.361 e. The summed E-state index contributed by atoms with van der Waals surface area (Å²) < 4.78 is 0. The second-order valence-corrected chi connectivity index (χ2v) is 5.17. The van der Waals surface area contributed by atoms with E-state index < -0.39 is 0 Å². The van der Waals surface area contributed by atoms with Crippen LogP contribution in [0.5, 0.6) is 0 Å². The second kappa shape index (κ2) is 5.45. The molecular formula is C15H19N3O. The lowest BCUT2D eigenvalue weighted by atomic mass is 10.1. The molecule has 19 heavy (non-hydrogen) atoms. The number of fused-ring (bicyclic) bond motifs is 1. The van der Waals surface area contributed by atoms with Gasteiger partial charge in [-0.3, -0.25) is 4.79 Å². The highest BCUT2D eigenvalue weighted by molar-refractivity contribution is 5.79. The zero-order valence-corrected chi connectivity index (χ0v) is 10.9. The Morgan fingerprint density at radius 1 is 1.32 bits per heavy atom. The molecule has 4 nitrogen and oxygen atoms in total. The molecule has 4 heteroatoms. The Bertz CT molecular complexity index is 572. The summed E-state index contributed by atoms with van der Waals surface area (Å²) in [6.45, 7) is 1.52. The number of aromatic nitrogens is 1.